The minimum atomic E-state index is -3.40. The maximum Gasteiger partial charge on any atom is 0.248 e. The summed E-state index contributed by atoms with van der Waals surface area (Å²) in [4.78, 5) is 16.9. The van der Waals surface area contributed by atoms with Gasteiger partial charge in [-0.2, -0.15) is 5.10 Å². The first kappa shape index (κ1) is 18.6. The van der Waals surface area contributed by atoms with Gasteiger partial charge in [0.25, 0.3) is 0 Å². The molecule has 1 atom stereocenters. The summed E-state index contributed by atoms with van der Waals surface area (Å²) < 4.78 is 27.4. The van der Waals surface area contributed by atoms with Gasteiger partial charge in [0.15, 0.2) is 20.7 Å². The Kier molecular flexibility index (Phi) is 5.45. The first-order valence-electron chi connectivity index (χ1n) is 8.96. The minimum absolute atomic E-state index is 0.0158. The van der Waals surface area contributed by atoms with Crippen LogP contribution in [0.4, 0.5) is 5.82 Å². The fourth-order valence-electron chi connectivity index (χ4n) is 3.41. The maximum atomic E-state index is 12.9. The van der Waals surface area contributed by atoms with Crippen LogP contribution >= 0.6 is 0 Å². The lowest BCUT2D eigenvalue weighted by Crippen LogP contribution is -2.27. The molecule has 0 radical (unpaired) electrons. The lowest BCUT2D eigenvalue weighted by molar-refractivity contribution is -0.119. The summed E-state index contributed by atoms with van der Waals surface area (Å²) in [6, 6.07) is 1.22. The number of aryl methyl sites for hydroxylation is 1. The van der Waals surface area contributed by atoms with Gasteiger partial charge in [-0.3, -0.25) is 9.48 Å². The second kappa shape index (κ2) is 7.61. The average Bonchev–Trinajstić information content (AvgIpc) is 3.34. The number of anilines is 1. The van der Waals surface area contributed by atoms with E-state index >= 15 is 0 Å². The fourth-order valence-corrected chi connectivity index (χ4v) is 4.20. The van der Waals surface area contributed by atoms with Crippen LogP contribution in [0.25, 0.3) is 0 Å². The molecule has 1 saturated carbocycles. The molecule has 1 unspecified atom stereocenters. The number of rotatable bonds is 7. The molecule has 142 valence electrons. The van der Waals surface area contributed by atoms with E-state index in [1.807, 2.05) is 0 Å². The topological polar surface area (TPSA) is 98.9 Å². The van der Waals surface area contributed by atoms with Crippen LogP contribution in [0.2, 0.25) is 0 Å². The van der Waals surface area contributed by atoms with E-state index in [0.717, 1.165) is 12.8 Å². The molecule has 0 bridgehead atoms. The zero-order valence-corrected chi connectivity index (χ0v) is 15.9. The zero-order chi connectivity index (χ0) is 18.7. The smallest absolute Gasteiger partial charge is 0.248 e. The predicted molar refractivity (Wildman–Crippen MR) is 97.4 cm³/mol. The number of nitrogens with one attached hydrogen (secondary N) is 1. The van der Waals surface area contributed by atoms with Crippen molar-refractivity contribution in [3.05, 3.63) is 24.8 Å². The summed E-state index contributed by atoms with van der Waals surface area (Å²) in [5.74, 6) is 0.726. The lowest BCUT2D eigenvalue weighted by Gasteiger charge is -2.20. The van der Waals surface area contributed by atoms with Gasteiger partial charge < -0.3 is 9.88 Å². The van der Waals surface area contributed by atoms with Crippen LogP contribution < -0.4 is 5.32 Å². The van der Waals surface area contributed by atoms with Gasteiger partial charge in [-0.15, -0.1) is 0 Å². The molecular weight excluding hydrogens is 354 g/mol. The minimum Gasteiger partial charge on any atom is -0.324 e. The summed E-state index contributed by atoms with van der Waals surface area (Å²) in [7, 11) is -1.62. The summed E-state index contributed by atoms with van der Waals surface area (Å²) in [6.45, 7) is 1.58. The van der Waals surface area contributed by atoms with Gasteiger partial charge in [-0.05, 0) is 12.3 Å². The molecule has 3 rings (SSSR count). The second-order valence-electron chi connectivity index (χ2n) is 6.83. The molecule has 9 heteroatoms. The van der Waals surface area contributed by atoms with Gasteiger partial charge in [-0.25, -0.2) is 13.4 Å². The van der Waals surface area contributed by atoms with Gasteiger partial charge in [0.2, 0.25) is 5.91 Å². The number of carbonyl (C=O) groups is 1. The zero-order valence-electron chi connectivity index (χ0n) is 15.1. The highest BCUT2D eigenvalue weighted by Crippen LogP contribution is 2.32. The van der Waals surface area contributed by atoms with Gasteiger partial charge in [-0.1, -0.05) is 32.6 Å². The lowest BCUT2D eigenvalue weighted by atomic mass is 9.97. The highest BCUT2D eigenvalue weighted by molar-refractivity contribution is 7.91. The predicted octanol–water partition coefficient (Wildman–Crippen LogP) is 2.17. The van der Waals surface area contributed by atoms with Crippen LogP contribution in [-0.4, -0.2) is 39.4 Å². The van der Waals surface area contributed by atoms with E-state index in [1.165, 1.54) is 25.4 Å². The molecule has 0 aromatic carbocycles. The Morgan fingerprint density at radius 3 is 2.73 bits per heavy atom. The van der Waals surface area contributed by atoms with Crippen molar-refractivity contribution in [1.82, 2.24) is 19.3 Å². The van der Waals surface area contributed by atoms with Crippen LogP contribution in [0.5, 0.6) is 0 Å². The third-order valence-corrected chi connectivity index (χ3v) is 6.54. The van der Waals surface area contributed by atoms with E-state index in [-0.39, 0.29) is 16.7 Å². The van der Waals surface area contributed by atoms with Crippen LogP contribution in [0.3, 0.4) is 0 Å². The first-order valence-corrected chi connectivity index (χ1v) is 10.6. The van der Waals surface area contributed by atoms with E-state index in [9.17, 15) is 13.2 Å². The van der Waals surface area contributed by atoms with Crippen molar-refractivity contribution in [1.29, 1.82) is 0 Å². The number of amides is 1. The third-order valence-electron chi connectivity index (χ3n) is 4.94. The van der Waals surface area contributed by atoms with Gasteiger partial charge in [0.05, 0.1) is 12.1 Å². The van der Waals surface area contributed by atoms with Crippen LogP contribution in [0.15, 0.2) is 29.8 Å². The van der Waals surface area contributed by atoms with E-state index in [2.05, 4.69) is 15.4 Å². The molecule has 26 heavy (non-hydrogen) atoms. The quantitative estimate of drug-likeness (QED) is 0.795. The molecule has 1 amide bonds. The molecule has 1 N–H and O–H groups in total. The third kappa shape index (κ3) is 4.14. The van der Waals surface area contributed by atoms with Crippen molar-refractivity contribution in [3.63, 3.8) is 0 Å². The Morgan fingerprint density at radius 2 is 2.12 bits per heavy atom. The van der Waals surface area contributed by atoms with Gasteiger partial charge in [0.1, 0.15) is 6.04 Å². The van der Waals surface area contributed by atoms with E-state index in [1.54, 1.807) is 35.5 Å². The molecule has 0 aliphatic heterocycles. The molecule has 2 heterocycles. The summed E-state index contributed by atoms with van der Waals surface area (Å²) >= 11 is 0. The number of imidazole rings is 1. The molecule has 2 aromatic rings. The normalized spacial score (nSPS) is 16.7. The number of nitrogens with zero attached hydrogens (tertiary/aromatic N) is 4. The van der Waals surface area contributed by atoms with Crippen LogP contribution in [0, 0.1) is 5.92 Å². The van der Waals surface area contributed by atoms with E-state index in [4.69, 9.17) is 0 Å². The SMILES string of the molecule is CCS(=O)(=O)c1cn(C(CC2CCCC2)C(=O)Nc2ccn(C)n2)cn1. The monoisotopic (exact) mass is 379 g/mol. The molecule has 8 nitrogen and oxygen atoms in total. The Bertz CT molecular complexity index is 865. The fraction of sp³-hybridized carbons (Fsp3) is 0.588. The standard InChI is InChI=1S/C17H25N5O3S/c1-3-26(24,25)16-11-22(12-18-16)14(10-13-6-4-5-7-13)17(23)19-15-8-9-21(2)20-15/h8-9,11-14H,3-7,10H2,1-2H3,(H,19,20,23). The molecule has 0 saturated heterocycles. The molecule has 2 aromatic heterocycles. The Hall–Kier alpha value is -2.16. The van der Waals surface area contributed by atoms with Crippen molar-refractivity contribution >= 4 is 21.6 Å². The summed E-state index contributed by atoms with van der Waals surface area (Å²) in [5, 5.41) is 7.02. The largest absolute Gasteiger partial charge is 0.324 e. The number of sulfone groups is 1. The van der Waals surface area contributed by atoms with Crippen LogP contribution in [-0.2, 0) is 21.7 Å². The number of aromatic nitrogens is 4. The molecule has 0 spiro atoms. The Balaban J connectivity index is 1.83. The molecule has 1 fully saturated rings. The number of hydrogen-bond acceptors (Lipinski definition) is 5. The van der Waals surface area contributed by atoms with Crippen LogP contribution in [0.1, 0.15) is 45.1 Å². The Morgan fingerprint density at radius 1 is 1.38 bits per heavy atom. The molecule has 1 aliphatic rings. The van der Waals surface area contributed by atoms with Gasteiger partial charge in [0, 0.05) is 25.5 Å². The van der Waals surface area contributed by atoms with E-state index in [0.29, 0.717) is 18.2 Å². The van der Waals surface area contributed by atoms with E-state index < -0.39 is 15.9 Å². The van der Waals surface area contributed by atoms with Gasteiger partial charge >= 0.3 is 0 Å². The van der Waals surface area contributed by atoms with Crippen molar-refractivity contribution in [3.8, 4) is 0 Å². The highest BCUT2D eigenvalue weighted by atomic mass is 32.2. The Labute approximate surface area is 153 Å². The van der Waals surface area contributed by atoms with Crippen molar-refractivity contribution in [2.75, 3.05) is 11.1 Å². The average molecular weight is 379 g/mol. The summed E-state index contributed by atoms with van der Waals surface area (Å²) in [5.41, 5.74) is 0. The second-order valence-corrected chi connectivity index (χ2v) is 9.05. The number of carbonyl (C=O) groups excluding carboxylic acids is 1. The van der Waals surface area contributed by atoms with Crippen molar-refractivity contribution < 1.29 is 13.2 Å². The summed E-state index contributed by atoms with van der Waals surface area (Å²) in [6.07, 6.45) is 9.89. The molecular formula is C17H25N5O3S. The molecule has 1 aliphatic carbocycles. The first-order chi connectivity index (χ1) is 12.4. The van der Waals surface area contributed by atoms with Crippen molar-refractivity contribution in [2.24, 2.45) is 13.0 Å². The van der Waals surface area contributed by atoms with Crippen molar-refractivity contribution in [2.45, 2.75) is 50.1 Å². The maximum absolute atomic E-state index is 12.9. The number of hydrogen-bond donors (Lipinski definition) is 1. The highest BCUT2D eigenvalue weighted by Gasteiger charge is 2.28.